The van der Waals surface area contributed by atoms with Crippen LogP contribution in [-0.4, -0.2) is 19.5 Å². The van der Waals surface area contributed by atoms with Crippen LogP contribution in [0.2, 0.25) is 0 Å². The van der Waals surface area contributed by atoms with E-state index >= 15 is 0 Å². The largest absolute Gasteiger partial charge is 0.381 e. The standard InChI is InChI=1S/C7H5I2N5/c8-4-5(9)14(3-13-4)7-6(10)11-1-2-12-7/h1-3H,(H2,10,11). The van der Waals surface area contributed by atoms with Crippen molar-refractivity contribution in [1.29, 1.82) is 0 Å². The molecule has 0 fully saturated rings. The molecule has 0 saturated heterocycles. The minimum atomic E-state index is 0.402. The summed E-state index contributed by atoms with van der Waals surface area (Å²) in [4.78, 5) is 12.3. The summed E-state index contributed by atoms with van der Waals surface area (Å²) >= 11 is 4.35. The summed E-state index contributed by atoms with van der Waals surface area (Å²) in [5, 5.41) is 0. The molecule has 0 amide bonds. The van der Waals surface area contributed by atoms with Gasteiger partial charge in [0.15, 0.2) is 11.6 Å². The topological polar surface area (TPSA) is 69.6 Å². The molecule has 14 heavy (non-hydrogen) atoms. The van der Waals surface area contributed by atoms with Crippen LogP contribution in [0, 0.1) is 7.40 Å². The molecule has 0 radical (unpaired) electrons. The van der Waals surface area contributed by atoms with Crippen molar-refractivity contribution >= 4 is 51.0 Å². The molecule has 72 valence electrons. The fraction of sp³-hybridized carbons (Fsp3) is 0. The van der Waals surface area contributed by atoms with E-state index in [1.165, 1.54) is 0 Å². The lowest BCUT2D eigenvalue weighted by Crippen LogP contribution is -2.04. The summed E-state index contributed by atoms with van der Waals surface area (Å²) in [5.41, 5.74) is 5.70. The summed E-state index contributed by atoms with van der Waals surface area (Å²) < 4.78 is 3.72. The van der Waals surface area contributed by atoms with Crippen LogP contribution >= 0.6 is 45.2 Å². The van der Waals surface area contributed by atoms with E-state index in [1.807, 2.05) is 4.57 Å². The summed E-state index contributed by atoms with van der Waals surface area (Å²) in [5.74, 6) is 1.02. The van der Waals surface area contributed by atoms with E-state index in [2.05, 4.69) is 60.1 Å². The molecular formula is C7H5I2N5. The smallest absolute Gasteiger partial charge is 0.181 e. The molecule has 0 atom stereocenters. The second-order valence-corrected chi connectivity index (χ2v) is 4.50. The van der Waals surface area contributed by atoms with Gasteiger partial charge in [-0.1, -0.05) is 0 Å². The molecule has 0 saturated carbocycles. The van der Waals surface area contributed by atoms with E-state index in [0.717, 1.165) is 7.40 Å². The van der Waals surface area contributed by atoms with E-state index in [1.54, 1.807) is 18.7 Å². The fourth-order valence-corrected chi connectivity index (χ4v) is 1.86. The molecule has 2 aromatic rings. The molecule has 7 heteroatoms. The van der Waals surface area contributed by atoms with Crippen LogP contribution in [0.4, 0.5) is 5.82 Å². The highest BCUT2D eigenvalue weighted by molar-refractivity contribution is 14.1. The first-order valence-electron chi connectivity index (χ1n) is 3.65. The molecule has 0 unspecified atom stereocenters. The van der Waals surface area contributed by atoms with Crippen LogP contribution in [-0.2, 0) is 0 Å². The second-order valence-electron chi connectivity index (χ2n) is 2.46. The van der Waals surface area contributed by atoms with E-state index in [0.29, 0.717) is 11.6 Å². The van der Waals surface area contributed by atoms with Crippen LogP contribution in [0.3, 0.4) is 0 Å². The highest BCUT2D eigenvalue weighted by atomic mass is 127. The van der Waals surface area contributed by atoms with Crippen LogP contribution in [0.15, 0.2) is 18.7 Å². The predicted molar refractivity (Wildman–Crippen MR) is 69.0 cm³/mol. The van der Waals surface area contributed by atoms with Gasteiger partial charge in [-0.15, -0.1) is 0 Å². The Hall–Kier alpha value is -0.450. The van der Waals surface area contributed by atoms with Gasteiger partial charge in [0.1, 0.15) is 13.7 Å². The maximum Gasteiger partial charge on any atom is 0.181 e. The molecule has 2 aromatic heterocycles. The molecule has 0 aliphatic rings. The molecule has 5 nitrogen and oxygen atoms in total. The normalized spacial score (nSPS) is 10.4. The summed E-state index contributed by atoms with van der Waals surface area (Å²) in [6.45, 7) is 0. The van der Waals surface area contributed by atoms with Crippen molar-refractivity contribution in [3.05, 3.63) is 26.1 Å². The first-order valence-corrected chi connectivity index (χ1v) is 5.81. The van der Waals surface area contributed by atoms with Crippen molar-refractivity contribution in [2.45, 2.75) is 0 Å². The van der Waals surface area contributed by atoms with Gasteiger partial charge in [0.25, 0.3) is 0 Å². The molecular weight excluding hydrogens is 408 g/mol. The lowest BCUT2D eigenvalue weighted by atomic mass is 10.6. The number of nitrogen functional groups attached to an aromatic ring is 1. The second kappa shape index (κ2) is 3.96. The van der Waals surface area contributed by atoms with Crippen molar-refractivity contribution in [2.24, 2.45) is 0 Å². The van der Waals surface area contributed by atoms with E-state index in [-0.39, 0.29) is 0 Å². The Morgan fingerprint density at radius 2 is 1.86 bits per heavy atom. The van der Waals surface area contributed by atoms with Gasteiger partial charge in [-0.2, -0.15) is 0 Å². The van der Waals surface area contributed by atoms with E-state index < -0.39 is 0 Å². The zero-order chi connectivity index (χ0) is 10.1. The first kappa shape index (κ1) is 10.1. The Bertz CT molecular complexity index is 467. The van der Waals surface area contributed by atoms with Crippen LogP contribution in [0.25, 0.3) is 5.82 Å². The Morgan fingerprint density at radius 3 is 2.43 bits per heavy atom. The number of aromatic nitrogens is 4. The number of nitrogens with zero attached hydrogens (tertiary/aromatic N) is 4. The van der Waals surface area contributed by atoms with Crippen LogP contribution < -0.4 is 5.73 Å². The quantitative estimate of drug-likeness (QED) is 0.720. The van der Waals surface area contributed by atoms with Gasteiger partial charge in [0.05, 0.1) is 0 Å². The zero-order valence-corrected chi connectivity index (χ0v) is 11.2. The molecule has 0 spiro atoms. The average molecular weight is 413 g/mol. The van der Waals surface area contributed by atoms with Crippen LogP contribution in [0.1, 0.15) is 0 Å². The van der Waals surface area contributed by atoms with Crippen molar-refractivity contribution < 1.29 is 0 Å². The molecule has 0 aromatic carbocycles. The fourth-order valence-electron chi connectivity index (χ4n) is 0.986. The summed E-state index contributed by atoms with van der Waals surface area (Å²) in [6.07, 6.45) is 4.85. The Kier molecular flexibility index (Phi) is 2.85. The van der Waals surface area contributed by atoms with Crippen molar-refractivity contribution in [3.63, 3.8) is 0 Å². The molecule has 0 aliphatic heterocycles. The number of hydrogen-bond donors (Lipinski definition) is 1. The van der Waals surface area contributed by atoms with E-state index in [4.69, 9.17) is 5.73 Å². The Labute approximate surface area is 107 Å². The van der Waals surface area contributed by atoms with Gasteiger partial charge in [-0.25, -0.2) is 15.0 Å². The number of halogens is 2. The number of imidazole rings is 1. The van der Waals surface area contributed by atoms with Crippen LogP contribution in [0.5, 0.6) is 0 Å². The highest BCUT2D eigenvalue weighted by Gasteiger charge is 2.10. The third kappa shape index (κ3) is 1.69. The van der Waals surface area contributed by atoms with Gasteiger partial charge in [-0.05, 0) is 45.2 Å². The van der Waals surface area contributed by atoms with Gasteiger partial charge in [-0.3, -0.25) is 4.57 Å². The molecule has 0 aliphatic carbocycles. The molecule has 2 heterocycles. The minimum Gasteiger partial charge on any atom is -0.381 e. The summed E-state index contributed by atoms with van der Waals surface area (Å²) in [6, 6.07) is 0. The number of anilines is 1. The third-order valence-electron chi connectivity index (χ3n) is 1.60. The van der Waals surface area contributed by atoms with Crippen molar-refractivity contribution in [1.82, 2.24) is 19.5 Å². The van der Waals surface area contributed by atoms with Crippen molar-refractivity contribution in [3.8, 4) is 5.82 Å². The Morgan fingerprint density at radius 1 is 1.14 bits per heavy atom. The third-order valence-corrected chi connectivity index (χ3v) is 4.45. The molecule has 2 N–H and O–H groups in total. The number of hydrogen-bond acceptors (Lipinski definition) is 4. The Balaban J connectivity index is 2.60. The van der Waals surface area contributed by atoms with Gasteiger partial charge in [0, 0.05) is 12.4 Å². The maximum atomic E-state index is 5.70. The lowest BCUT2D eigenvalue weighted by Gasteiger charge is -2.04. The lowest BCUT2D eigenvalue weighted by molar-refractivity contribution is 0.956. The number of nitrogens with two attached hydrogens (primary N) is 1. The highest BCUT2D eigenvalue weighted by Crippen LogP contribution is 2.19. The van der Waals surface area contributed by atoms with Gasteiger partial charge in [0.2, 0.25) is 0 Å². The SMILES string of the molecule is Nc1nccnc1-n1cnc(I)c1I. The predicted octanol–water partition coefficient (Wildman–Crippen LogP) is 1.45. The van der Waals surface area contributed by atoms with Crippen molar-refractivity contribution in [2.75, 3.05) is 5.73 Å². The van der Waals surface area contributed by atoms with Gasteiger partial charge < -0.3 is 5.73 Å². The number of rotatable bonds is 1. The summed E-state index contributed by atoms with van der Waals surface area (Å²) in [7, 11) is 0. The zero-order valence-electron chi connectivity index (χ0n) is 6.85. The van der Waals surface area contributed by atoms with E-state index in [9.17, 15) is 0 Å². The average Bonchev–Trinajstić information content (AvgIpc) is 2.49. The molecule has 0 bridgehead atoms. The van der Waals surface area contributed by atoms with Gasteiger partial charge >= 0.3 is 0 Å². The first-order chi connectivity index (χ1) is 6.70. The minimum absolute atomic E-state index is 0.402. The maximum absolute atomic E-state index is 5.70. The monoisotopic (exact) mass is 413 g/mol. The molecule has 2 rings (SSSR count).